The van der Waals surface area contributed by atoms with Crippen LogP contribution in [0.5, 0.6) is 0 Å². The number of carbonyl (C=O) groups excluding carboxylic acids is 1. The third-order valence-corrected chi connectivity index (χ3v) is 3.82. The van der Waals surface area contributed by atoms with Gasteiger partial charge in [-0.2, -0.15) is 0 Å². The van der Waals surface area contributed by atoms with Gasteiger partial charge in [-0.15, -0.1) is 0 Å². The fraction of sp³-hybridized carbons (Fsp3) is 0.714. The fourth-order valence-electron chi connectivity index (χ4n) is 1.81. The molecule has 0 saturated carbocycles. The number of allylic oxidation sites excluding steroid dienone is 1. The molecular formula is C14H26BN2O4+. The molecular weight excluding hydrogens is 271 g/mol. The average molecular weight is 297 g/mol. The minimum Gasteiger partial charge on any atom is -0.466 e. The van der Waals surface area contributed by atoms with Crippen LogP contribution in [0.15, 0.2) is 11.7 Å². The highest BCUT2D eigenvalue weighted by molar-refractivity contribution is 6.60. The maximum absolute atomic E-state index is 10.6. The van der Waals surface area contributed by atoms with Crippen molar-refractivity contribution in [3.63, 3.8) is 0 Å². The molecule has 0 atom stereocenters. The molecule has 0 spiro atoms. The van der Waals surface area contributed by atoms with Gasteiger partial charge < -0.3 is 24.8 Å². The molecule has 1 heterocycles. The Morgan fingerprint density at radius 1 is 1.29 bits per heavy atom. The SMILES string of the molecule is CC(=O)OCCC[NH2+]C=C(C=N)B1OC(C)(C)C(C)(C)O1. The highest BCUT2D eigenvalue weighted by Crippen LogP contribution is 2.37. The molecule has 0 unspecified atom stereocenters. The molecule has 0 aromatic heterocycles. The van der Waals surface area contributed by atoms with Crippen LogP contribution in [0.3, 0.4) is 0 Å². The molecule has 0 aliphatic carbocycles. The van der Waals surface area contributed by atoms with Gasteiger partial charge in [-0.1, -0.05) is 0 Å². The molecule has 1 fully saturated rings. The second-order valence-electron chi connectivity index (χ2n) is 6.12. The molecule has 0 amide bonds. The summed E-state index contributed by atoms with van der Waals surface area (Å²) in [6.45, 7) is 10.5. The summed E-state index contributed by atoms with van der Waals surface area (Å²) in [5.41, 5.74) is -0.134. The summed E-state index contributed by atoms with van der Waals surface area (Å²) in [6.07, 6.45) is 3.85. The maximum Gasteiger partial charge on any atom is 0.501 e. The van der Waals surface area contributed by atoms with Crippen LogP contribution in [-0.4, -0.2) is 43.7 Å². The van der Waals surface area contributed by atoms with E-state index in [2.05, 4.69) is 0 Å². The molecule has 0 bridgehead atoms. The van der Waals surface area contributed by atoms with E-state index in [9.17, 15) is 4.79 Å². The van der Waals surface area contributed by atoms with Crippen LogP contribution in [0.25, 0.3) is 0 Å². The first-order chi connectivity index (χ1) is 9.69. The van der Waals surface area contributed by atoms with Gasteiger partial charge in [-0.25, -0.2) is 0 Å². The van der Waals surface area contributed by atoms with Crippen molar-refractivity contribution < 1.29 is 24.2 Å². The molecule has 3 N–H and O–H groups in total. The highest BCUT2D eigenvalue weighted by atomic mass is 16.7. The number of nitrogens with two attached hydrogens (primary N) is 1. The molecule has 6 nitrogen and oxygen atoms in total. The summed E-state index contributed by atoms with van der Waals surface area (Å²) in [5, 5.41) is 9.45. The van der Waals surface area contributed by atoms with E-state index in [4.69, 9.17) is 19.5 Å². The largest absolute Gasteiger partial charge is 0.501 e. The first kappa shape index (κ1) is 17.9. The van der Waals surface area contributed by atoms with E-state index in [0.29, 0.717) is 12.1 Å². The van der Waals surface area contributed by atoms with Crippen molar-refractivity contribution in [2.75, 3.05) is 13.2 Å². The summed E-state index contributed by atoms with van der Waals surface area (Å²) in [4.78, 5) is 10.6. The van der Waals surface area contributed by atoms with Crippen molar-refractivity contribution in [2.24, 2.45) is 0 Å². The molecule has 1 saturated heterocycles. The van der Waals surface area contributed by atoms with Gasteiger partial charge in [-0.05, 0) is 27.7 Å². The summed E-state index contributed by atoms with van der Waals surface area (Å²) >= 11 is 0. The lowest BCUT2D eigenvalue weighted by Crippen LogP contribution is -2.78. The van der Waals surface area contributed by atoms with Crippen LogP contribution in [0.2, 0.25) is 0 Å². The number of ether oxygens (including phenoxy) is 1. The first-order valence-corrected chi connectivity index (χ1v) is 7.22. The molecule has 0 radical (unpaired) electrons. The van der Waals surface area contributed by atoms with Crippen molar-refractivity contribution in [3.05, 3.63) is 11.7 Å². The number of hydrogen-bond acceptors (Lipinski definition) is 5. The molecule has 1 rings (SSSR count). The zero-order valence-electron chi connectivity index (χ0n) is 13.6. The Hall–Kier alpha value is -1.18. The molecule has 0 aromatic rings. The Labute approximate surface area is 126 Å². The van der Waals surface area contributed by atoms with Crippen LogP contribution in [-0.2, 0) is 18.8 Å². The Balaban J connectivity index is 2.47. The standard InChI is InChI=1S/C14H25BN2O4/c1-11(18)19-8-6-7-17-10-12(9-16)15-20-13(2,3)14(4,5)21-15/h9-10,16-17H,6-8H2,1-5H3/p+1. The molecule has 1 aliphatic rings. The number of hydrogen-bond donors (Lipinski definition) is 2. The zero-order chi connectivity index (χ0) is 16.1. The smallest absolute Gasteiger partial charge is 0.466 e. The number of carbonyl (C=O) groups is 1. The summed E-state index contributed by atoms with van der Waals surface area (Å²) < 4.78 is 16.6. The summed E-state index contributed by atoms with van der Waals surface area (Å²) in [5.74, 6) is -0.261. The van der Waals surface area contributed by atoms with E-state index in [0.717, 1.165) is 13.0 Å². The Bertz CT molecular complexity index is 405. The van der Waals surface area contributed by atoms with E-state index in [-0.39, 0.29) is 5.97 Å². The second kappa shape index (κ2) is 7.20. The third kappa shape index (κ3) is 4.95. The van der Waals surface area contributed by atoms with Gasteiger partial charge in [0.25, 0.3) is 0 Å². The minimum atomic E-state index is -0.516. The third-order valence-electron chi connectivity index (χ3n) is 3.82. The van der Waals surface area contributed by atoms with Crippen LogP contribution in [0, 0.1) is 5.41 Å². The fourth-order valence-corrected chi connectivity index (χ4v) is 1.81. The predicted molar refractivity (Wildman–Crippen MR) is 81.0 cm³/mol. The van der Waals surface area contributed by atoms with E-state index in [1.807, 2.05) is 39.2 Å². The van der Waals surface area contributed by atoms with Gasteiger partial charge in [0.15, 0.2) is 0 Å². The Morgan fingerprint density at radius 3 is 2.33 bits per heavy atom. The Morgan fingerprint density at radius 2 is 1.86 bits per heavy atom. The number of quaternary nitrogens is 1. The second-order valence-corrected chi connectivity index (χ2v) is 6.12. The zero-order valence-corrected chi connectivity index (χ0v) is 13.6. The van der Waals surface area contributed by atoms with Crippen LogP contribution >= 0.6 is 0 Å². The lowest BCUT2D eigenvalue weighted by atomic mass is 9.79. The molecule has 21 heavy (non-hydrogen) atoms. The van der Waals surface area contributed by atoms with Gasteiger partial charge in [0, 0.05) is 19.6 Å². The highest BCUT2D eigenvalue weighted by Gasteiger charge is 2.52. The molecule has 118 valence electrons. The monoisotopic (exact) mass is 297 g/mol. The van der Waals surface area contributed by atoms with Crippen LogP contribution in [0.1, 0.15) is 41.0 Å². The van der Waals surface area contributed by atoms with Crippen LogP contribution in [0.4, 0.5) is 0 Å². The lowest BCUT2D eigenvalue weighted by molar-refractivity contribution is -0.588. The van der Waals surface area contributed by atoms with E-state index in [1.165, 1.54) is 13.1 Å². The minimum absolute atomic E-state index is 0.261. The van der Waals surface area contributed by atoms with E-state index >= 15 is 0 Å². The lowest BCUT2D eigenvalue weighted by Gasteiger charge is -2.32. The topological polar surface area (TPSA) is 85.2 Å². The van der Waals surface area contributed by atoms with Crippen molar-refractivity contribution in [1.82, 2.24) is 0 Å². The molecule has 7 heteroatoms. The van der Waals surface area contributed by atoms with Gasteiger partial charge in [0.2, 0.25) is 0 Å². The van der Waals surface area contributed by atoms with Gasteiger partial charge in [0.1, 0.15) is 0 Å². The average Bonchev–Trinajstić information content (AvgIpc) is 2.57. The molecule has 0 aromatic carbocycles. The van der Waals surface area contributed by atoms with E-state index < -0.39 is 18.3 Å². The van der Waals surface area contributed by atoms with Crippen molar-refractivity contribution >= 4 is 19.3 Å². The van der Waals surface area contributed by atoms with E-state index in [1.54, 1.807) is 0 Å². The van der Waals surface area contributed by atoms with Crippen molar-refractivity contribution in [2.45, 2.75) is 52.2 Å². The van der Waals surface area contributed by atoms with Crippen molar-refractivity contribution in [1.29, 1.82) is 5.41 Å². The number of esters is 1. The van der Waals surface area contributed by atoms with Gasteiger partial charge in [-0.3, -0.25) is 4.79 Å². The first-order valence-electron chi connectivity index (χ1n) is 7.22. The number of rotatable bonds is 7. The number of nitrogens with one attached hydrogen (secondary N) is 1. The van der Waals surface area contributed by atoms with Gasteiger partial charge >= 0.3 is 13.1 Å². The Kier molecular flexibility index (Phi) is 6.13. The van der Waals surface area contributed by atoms with Gasteiger partial charge in [0.05, 0.1) is 36.0 Å². The quantitative estimate of drug-likeness (QED) is 0.313. The summed E-state index contributed by atoms with van der Waals surface area (Å²) in [7, 11) is -0.516. The van der Waals surface area contributed by atoms with Crippen molar-refractivity contribution in [3.8, 4) is 0 Å². The predicted octanol–water partition coefficient (Wildman–Crippen LogP) is 0.668. The van der Waals surface area contributed by atoms with Crippen LogP contribution < -0.4 is 5.32 Å². The normalized spacial score (nSPS) is 20.4. The summed E-state index contributed by atoms with van der Waals surface area (Å²) in [6, 6.07) is 0. The molecule has 1 aliphatic heterocycles. The maximum atomic E-state index is 10.6.